The average Bonchev–Trinajstić information content (AvgIpc) is 2.42. The molecule has 1 aromatic heterocycles. The van der Waals surface area contributed by atoms with Crippen LogP contribution >= 0.6 is 22.6 Å². The summed E-state index contributed by atoms with van der Waals surface area (Å²) in [5, 5.41) is 5.66. The molecule has 1 heterocycles. The summed E-state index contributed by atoms with van der Waals surface area (Å²) in [6.45, 7) is 2.62. The molecule has 0 bridgehead atoms. The quantitative estimate of drug-likeness (QED) is 0.794. The van der Waals surface area contributed by atoms with Gasteiger partial charge in [-0.2, -0.15) is 0 Å². The molecular weight excluding hydrogens is 374 g/mol. The van der Waals surface area contributed by atoms with Crippen molar-refractivity contribution < 1.29 is 9.18 Å². The third-order valence-electron chi connectivity index (χ3n) is 2.40. The van der Waals surface area contributed by atoms with Crippen LogP contribution in [0.2, 0.25) is 0 Å². The molecule has 0 fully saturated rings. The van der Waals surface area contributed by atoms with Gasteiger partial charge in [0.1, 0.15) is 17.3 Å². The number of anilines is 2. The highest BCUT2D eigenvalue weighted by Crippen LogP contribution is 2.19. The second kappa shape index (κ2) is 6.60. The highest BCUT2D eigenvalue weighted by molar-refractivity contribution is 14.1. The molecular formula is C13H12FIN4O. The minimum absolute atomic E-state index is 0.198. The number of amides is 1. The van der Waals surface area contributed by atoms with Gasteiger partial charge in [0.2, 0.25) is 0 Å². The maximum Gasteiger partial charge on any atom is 0.275 e. The van der Waals surface area contributed by atoms with Gasteiger partial charge in [-0.1, -0.05) is 0 Å². The smallest absolute Gasteiger partial charge is 0.275 e. The van der Waals surface area contributed by atoms with E-state index in [0.717, 1.165) is 0 Å². The molecule has 0 unspecified atom stereocenters. The van der Waals surface area contributed by atoms with Gasteiger partial charge in [-0.25, -0.2) is 9.37 Å². The summed E-state index contributed by atoms with van der Waals surface area (Å²) in [5.41, 5.74) is 0.733. The minimum atomic E-state index is -0.387. The Morgan fingerprint density at radius 1 is 1.40 bits per heavy atom. The van der Waals surface area contributed by atoms with E-state index in [4.69, 9.17) is 0 Å². The van der Waals surface area contributed by atoms with E-state index in [1.165, 1.54) is 24.4 Å². The molecule has 2 rings (SSSR count). The van der Waals surface area contributed by atoms with Crippen LogP contribution in [0.5, 0.6) is 0 Å². The fraction of sp³-hybridized carbons (Fsp3) is 0.154. The van der Waals surface area contributed by atoms with E-state index in [1.807, 2.05) is 29.5 Å². The van der Waals surface area contributed by atoms with E-state index >= 15 is 0 Å². The molecule has 0 radical (unpaired) electrons. The number of aromatic nitrogens is 2. The summed E-state index contributed by atoms with van der Waals surface area (Å²) in [4.78, 5) is 20.2. The molecule has 0 saturated heterocycles. The first kappa shape index (κ1) is 14.6. The van der Waals surface area contributed by atoms with Gasteiger partial charge in [0, 0.05) is 10.1 Å². The topological polar surface area (TPSA) is 66.9 Å². The van der Waals surface area contributed by atoms with Crippen LogP contribution in [0.4, 0.5) is 15.9 Å². The van der Waals surface area contributed by atoms with E-state index in [2.05, 4.69) is 20.6 Å². The van der Waals surface area contributed by atoms with Crippen LogP contribution in [0.3, 0.4) is 0 Å². The Balaban J connectivity index is 2.17. The molecule has 20 heavy (non-hydrogen) atoms. The number of hydrogen-bond donors (Lipinski definition) is 2. The van der Waals surface area contributed by atoms with Crippen molar-refractivity contribution in [3.8, 4) is 0 Å². The molecule has 0 aliphatic carbocycles. The summed E-state index contributed by atoms with van der Waals surface area (Å²) >= 11 is 1.96. The summed E-state index contributed by atoms with van der Waals surface area (Å²) in [5.74, 6) is -0.197. The normalized spacial score (nSPS) is 10.2. The Labute approximate surface area is 129 Å². The number of halogens is 2. The number of hydrogen-bond acceptors (Lipinski definition) is 4. The van der Waals surface area contributed by atoms with Gasteiger partial charge in [-0.05, 0) is 47.7 Å². The summed E-state index contributed by atoms with van der Waals surface area (Å²) in [6, 6.07) is 4.14. The second-order valence-corrected chi connectivity index (χ2v) is 5.06. The first-order valence-corrected chi connectivity index (χ1v) is 7.00. The van der Waals surface area contributed by atoms with E-state index in [9.17, 15) is 9.18 Å². The van der Waals surface area contributed by atoms with Gasteiger partial charge in [0.05, 0.1) is 18.1 Å². The van der Waals surface area contributed by atoms with Crippen molar-refractivity contribution in [2.24, 2.45) is 0 Å². The molecule has 2 N–H and O–H groups in total. The maximum absolute atomic E-state index is 13.0. The lowest BCUT2D eigenvalue weighted by molar-refractivity contribution is 0.102. The van der Waals surface area contributed by atoms with Crippen molar-refractivity contribution in [1.82, 2.24) is 9.97 Å². The standard InChI is InChI=1S/C13H12FIN4O/c1-2-17-12-7-16-6-11(18-12)13(20)19-10-4-3-8(14)5-9(10)15/h3-7H,2H2,1H3,(H,17,18)(H,19,20). The summed E-state index contributed by atoms with van der Waals surface area (Å²) in [6.07, 6.45) is 2.93. The average molecular weight is 386 g/mol. The number of nitrogens with zero attached hydrogens (tertiary/aromatic N) is 2. The minimum Gasteiger partial charge on any atom is -0.369 e. The second-order valence-electron chi connectivity index (χ2n) is 3.90. The zero-order valence-corrected chi connectivity index (χ0v) is 12.8. The van der Waals surface area contributed by atoms with Crippen molar-refractivity contribution in [3.05, 3.63) is 45.7 Å². The summed E-state index contributed by atoms with van der Waals surface area (Å²) in [7, 11) is 0. The van der Waals surface area contributed by atoms with Crippen LogP contribution in [-0.4, -0.2) is 22.4 Å². The lowest BCUT2D eigenvalue weighted by Crippen LogP contribution is -2.16. The highest BCUT2D eigenvalue weighted by Gasteiger charge is 2.11. The molecule has 1 amide bonds. The van der Waals surface area contributed by atoms with Gasteiger partial charge >= 0.3 is 0 Å². The fourth-order valence-electron chi connectivity index (χ4n) is 1.52. The lowest BCUT2D eigenvalue weighted by atomic mass is 10.3. The molecule has 0 spiro atoms. The first-order valence-electron chi connectivity index (χ1n) is 5.92. The van der Waals surface area contributed by atoms with Crippen molar-refractivity contribution in [2.75, 3.05) is 17.2 Å². The molecule has 7 heteroatoms. The SMILES string of the molecule is CCNc1cncc(C(=O)Nc2ccc(F)cc2I)n1. The predicted molar refractivity (Wildman–Crippen MR) is 83.3 cm³/mol. The molecule has 0 saturated carbocycles. The summed E-state index contributed by atoms with van der Waals surface area (Å²) < 4.78 is 13.6. The number of nitrogens with one attached hydrogen (secondary N) is 2. The van der Waals surface area contributed by atoms with Crippen molar-refractivity contribution in [2.45, 2.75) is 6.92 Å². The van der Waals surface area contributed by atoms with Crippen LogP contribution in [0.15, 0.2) is 30.6 Å². The lowest BCUT2D eigenvalue weighted by Gasteiger charge is -2.08. The molecule has 0 aliphatic rings. The number of carbonyl (C=O) groups is 1. The van der Waals surface area contributed by atoms with Crippen molar-refractivity contribution >= 4 is 40.0 Å². The molecule has 0 atom stereocenters. The Bertz CT molecular complexity index is 636. The van der Waals surface area contributed by atoms with Crippen molar-refractivity contribution in [3.63, 3.8) is 0 Å². The van der Waals surface area contributed by atoms with Gasteiger partial charge in [0.15, 0.2) is 0 Å². The van der Waals surface area contributed by atoms with E-state index in [0.29, 0.717) is 21.6 Å². The zero-order valence-electron chi connectivity index (χ0n) is 10.7. The molecule has 0 aliphatic heterocycles. The number of rotatable bonds is 4. The molecule has 1 aromatic carbocycles. The van der Waals surface area contributed by atoms with Crippen LogP contribution in [0, 0.1) is 9.39 Å². The Kier molecular flexibility index (Phi) is 4.83. The number of benzene rings is 1. The Hall–Kier alpha value is -1.77. The zero-order chi connectivity index (χ0) is 14.5. The van der Waals surface area contributed by atoms with Crippen LogP contribution in [0.25, 0.3) is 0 Å². The van der Waals surface area contributed by atoms with Gasteiger partial charge in [-0.15, -0.1) is 0 Å². The van der Waals surface area contributed by atoms with E-state index in [1.54, 1.807) is 6.20 Å². The van der Waals surface area contributed by atoms with Gasteiger partial charge in [-0.3, -0.25) is 9.78 Å². The predicted octanol–water partition coefficient (Wildman–Crippen LogP) is 2.90. The third kappa shape index (κ3) is 3.62. The Morgan fingerprint density at radius 2 is 2.20 bits per heavy atom. The third-order valence-corrected chi connectivity index (χ3v) is 3.30. The molecule has 5 nitrogen and oxygen atoms in total. The van der Waals surface area contributed by atoms with E-state index < -0.39 is 0 Å². The van der Waals surface area contributed by atoms with Crippen LogP contribution in [-0.2, 0) is 0 Å². The largest absolute Gasteiger partial charge is 0.369 e. The van der Waals surface area contributed by atoms with Crippen LogP contribution in [0.1, 0.15) is 17.4 Å². The fourth-order valence-corrected chi connectivity index (χ4v) is 2.13. The van der Waals surface area contributed by atoms with Gasteiger partial charge < -0.3 is 10.6 Å². The maximum atomic E-state index is 13.0. The Morgan fingerprint density at radius 3 is 2.90 bits per heavy atom. The molecule has 2 aromatic rings. The highest BCUT2D eigenvalue weighted by atomic mass is 127. The number of carbonyl (C=O) groups excluding carboxylic acids is 1. The molecule has 104 valence electrons. The van der Waals surface area contributed by atoms with Crippen molar-refractivity contribution in [1.29, 1.82) is 0 Å². The van der Waals surface area contributed by atoms with Gasteiger partial charge in [0.25, 0.3) is 5.91 Å². The first-order chi connectivity index (χ1) is 9.60. The van der Waals surface area contributed by atoms with Crippen LogP contribution < -0.4 is 10.6 Å². The monoisotopic (exact) mass is 386 g/mol. The van der Waals surface area contributed by atoms with E-state index in [-0.39, 0.29) is 17.4 Å².